The number of nitrogens with one attached hydrogen (secondary N) is 1. The first-order valence-corrected chi connectivity index (χ1v) is 7.16. The van der Waals surface area contributed by atoms with Crippen LogP contribution in [0.1, 0.15) is 38.5 Å². The molecule has 0 aliphatic heterocycles. The summed E-state index contributed by atoms with van der Waals surface area (Å²) in [6.45, 7) is 0.989. The van der Waals surface area contributed by atoms with E-state index in [1.807, 2.05) is 7.05 Å². The number of hydrogen-bond acceptors (Lipinski definition) is 2. The first-order chi connectivity index (χ1) is 7.76. The number of nitrogens with two attached hydrogens (primary N) is 1. The van der Waals surface area contributed by atoms with Crippen LogP contribution >= 0.6 is 0 Å². The fraction of sp³-hybridized carbons (Fsp3) is 1.00. The molecule has 4 saturated carbocycles. The third-order valence-corrected chi connectivity index (χ3v) is 5.46. The number of likely N-dealkylation sites (N-methyl/N-ethyl adjacent to an activating group) is 1. The molecular formula is C14H26N2. The van der Waals surface area contributed by atoms with Crippen molar-refractivity contribution in [2.45, 2.75) is 44.6 Å². The van der Waals surface area contributed by atoms with E-state index >= 15 is 0 Å². The van der Waals surface area contributed by atoms with Gasteiger partial charge in [-0.1, -0.05) is 0 Å². The molecular weight excluding hydrogens is 196 g/mol. The van der Waals surface area contributed by atoms with Gasteiger partial charge in [-0.15, -0.1) is 0 Å². The van der Waals surface area contributed by atoms with E-state index in [2.05, 4.69) is 5.32 Å². The van der Waals surface area contributed by atoms with E-state index in [4.69, 9.17) is 5.73 Å². The monoisotopic (exact) mass is 222 g/mol. The second kappa shape index (κ2) is 4.30. The van der Waals surface area contributed by atoms with Crippen LogP contribution in [0.3, 0.4) is 0 Å². The Morgan fingerprint density at radius 1 is 1.06 bits per heavy atom. The summed E-state index contributed by atoms with van der Waals surface area (Å²) in [5.74, 6) is 5.24. The fourth-order valence-electron chi connectivity index (χ4n) is 5.12. The molecule has 4 aliphatic rings. The molecule has 0 aromatic rings. The SMILES string of the molecule is CNCC(N)CC1C2CC3CC(C2)CC1C3. The van der Waals surface area contributed by atoms with Crippen LogP contribution in [0.5, 0.6) is 0 Å². The van der Waals surface area contributed by atoms with Gasteiger partial charge in [0.1, 0.15) is 0 Å². The van der Waals surface area contributed by atoms with Crippen LogP contribution in [0, 0.1) is 29.6 Å². The third-order valence-electron chi connectivity index (χ3n) is 5.46. The minimum Gasteiger partial charge on any atom is -0.327 e. The lowest BCUT2D eigenvalue weighted by Gasteiger charge is -2.55. The predicted octanol–water partition coefficient (Wildman–Crippen LogP) is 2.00. The Hall–Kier alpha value is -0.0800. The minimum atomic E-state index is 0.382. The first kappa shape index (κ1) is 11.0. The van der Waals surface area contributed by atoms with Crippen molar-refractivity contribution in [3.8, 4) is 0 Å². The average Bonchev–Trinajstić information content (AvgIpc) is 2.23. The van der Waals surface area contributed by atoms with Gasteiger partial charge in [-0.05, 0) is 75.2 Å². The Kier molecular flexibility index (Phi) is 2.97. The molecule has 4 rings (SSSR count). The molecule has 4 fully saturated rings. The Morgan fingerprint density at radius 2 is 1.62 bits per heavy atom. The summed E-state index contributed by atoms with van der Waals surface area (Å²) in [5.41, 5.74) is 6.20. The van der Waals surface area contributed by atoms with Crippen molar-refractivity contribution in [3.63, 3.8) is 0 Å². The highest BCUT2D eigenvalue weighted by Gasteiger charge is 2.47. The van der Waals surface area contributed by atoms with Crippen LogP contribution in [-0.2, 0) is 0 Å². The van der Waals surface area contributed by atoms with Crippen molar-refractivity contribution in [1.82, 2.24) is 5.32 Å². The molecule has 0 amide bonds. The molecule has 92 valence electrons. The molecule has 1 unspecified atom stereocenters. The van der Waals surface area contributed by atoms with Crippen LogP contribution in [-0.4, -0.2) is 19.6 Å². The van der Waals surface area contributed by atoms with Crippen molar-refractivity contribution >= 4 is 0 Å². The minimum absolute atomic E-state index is 0.382. The van der Waals surface area contributed by atoms with Gasteiger partial charge in [-0.2, -0.15) is 0 Å². The lowest BCUT2D eigenvalue weighted by molar-refractivity contribution is -0.0418. The third kappa shape index (κ3) is 1.91. The summed E-state index contributed by atoms with van der Waals surface area (Å²) in [5, 5.41) is 3.22. The van der Waals surface area contributed by atoms with Crippen LogP contribution in [0.15, 0.2) is 0 Å². The van der Waals surface area contributed by atoms with Crippen LogP contribution in [0.25, 0.3) is 0 Å². The molecule has 3 N–H and O–H groups in total. The normalized spacial score (nSPS) is 47.2. The summed E-state index contributed by atoms with van der Waals surface area (Å²) in [4.78, 5) is 0. The molecule has 2 nitrogen and oxygen atoms in total. The summed E-state index contributed by atoms with van der Waals surface area (Å²) >= 11 is 0. The maximum atomic E-state index is 6.20. The largest absolute Gasteiger partial charge is 0.327 e. The molecule has 1 atom stereocenters. The fourth-order valence-corrected chi connectivity index (χ4v) is 5.12. The molecule has 0 spiro atoms. The maximum absolute atomic E-state index is 6.20. The van der Waals surface area contributed by atoms with Gasteiger partial charge in [0, 0.05) is 12.6 Å². The summed E-state index contributed by atoms with van der Waals surface area (Å²) in [6, 6.07) is 0.382. The summed E-state index contributed by atoms with van der Waals surface area (Å²) < 4.78 is 0. The topological polar surface area (TPSA) is 38.0 Å². The summed E-state index contributed by atoms with van der Waals surface area (Å²) in [7, 11) is 2.01. The molecule has 16 heavy (non-hydrogen) atoms. The van der Waals surface area contributed by atoms with Crippen molar-refractivity contribution in [3.05, 3.63) is 0 Å². The van der Waals surface area contributed by atoms with E-state index in [0.717, 1.165) is 36.1 Å². The van der Waals surface area contributed by atoms with Crippen molar-refractivity contribution < 1.29 is 0 Å². The smallest absolute Gasteiger partial charge is 0.0168 e. The molecule has 0 heterocycles. The zero-order valence-electron chi connectivity index (χ0n) is 10.5. The molecule has 4 aliphatic carbocycles. The molecule has 4 bridgehead atoms. The van der Waals surface area contributed by atoms with Gasteiger partial charge in [-0.3, -0.25) is 0 Å². The molecule has 0 saturated heterocycles. The number of hydrogen-bond donors (Lipinski definition) is 2. The van der Waals surface area contributed by atoms with Crippen LogP contribution < -0.4 is 11.1 Å². The lowest BCUT2D eigenvalue weighted by atomic mass is 9.51. The van der Waals surface area contributed by atoms with E-state index in [-0.39, 0.29) is 0 Å². The van der Waals surface area contributed by atoms with Crippen LogP contribution in [0.4, 0.5) is 0 Å². The highest BCUT2D eigenvalue weighted by Crippen LogP contribution is 2.57. The number of rotatable bonds is 4. The predicted molar refractivity (Wildman–Crippen MR) is 67.1 cm³/mol. The molecule has 0 aromatic carbocycles. The Labute approximate surface area is 99.4 Å². The van der Waals surface area contributed by atoms with Gasteiger partial charge in [0.2, 0.25) is 0 Å². The van der Waals surface area contributed by atoms with E-state index in [1.54, 1.807) is 6.42 Å². The van der Waals surface area contributed by atoms with E-state index < -0.39 is 0 Å². The second-order valence-corrected chi connectivity index (χ2v) is 6.65. The Balaban J connectivity index is 1.63. The van der Waals surface area contributed by atoms with Crippen molar-refractivity contribution in [2.75, 3.05) is 13.6 Å². The van der Waals surface area contributed by atoms with Crippen LogP contribution in [0.2, 0.25) is 0 Å². The van der Waals surface area contributed by atoms with Gasteiger partial charge >= 0.3 is 0 Å². The highest BCUT2D eigenvalue weighted by atomic mass is 14.9. The quantitative estimate of drug-likeness (QED) is 0.763. The zero-order valence-corrected chi connectivity index (χ0v) is 10.5. The van der Waals surface area contributed by atoms with E-state index in [1.165, 1.54) is 32.1 Å². The average molecular weight is 222 g/mol. The summed E-state index contributed by atoms with van der Waals surface area (Å²) in [6.07, 6.45) is 8.96. The van der Waals surface area contributed by atoms with Gasteiger partial charge in [0.25, 0.3) is 0 Å². The second-order valence-electron chi connectivity index (χ2n) is 6.65. The molecule has 0 aromatic heterocycles. The van der Waals surface area contributed by atoms with E-state index in [0.29, 0.717) is 6.04 Å². The standard InChI is InChI=1S/C14H26N2/c1-16-8-13(15)7-14-11-3-9-2-10(5-11)6-12(14)4-9/h9-14,16H,2-8,15H2,1H3. The van der Waals surface area contributed by atoms with Gasteiger partial charge in [-0.25, -0.2) is 0 Å². The lowest BCUT2D eigenvalue weighted by Crippen LogP contribution is -2.47. The Morgan fingerprint density at radius 3 is 2.12 bits per heavy atom. The van der Waals surface area contributed by atoms with E-state index in [9.17, 15) is 0 Å². The van der Waals surface area contributed by atoms with Gasteiger partial charge in [0.05, 0.1) is 0 Å². The molecule has 2 heteroatoms. The molecule has 0 radical (unpaired) electrons. The van der Waals surface area contributed by atoms with Gasteiger partial charge < -0.3 is 11.1 Å². The first-order valence-electron chi connectivity index (χ1n) is 7.16. The maximum Gasteiger partial charge on any atom is 0.0168 e. The van der Waals surface area contributed by atoms with Gasteiger partial charge in [0.15, 0.2) is 0 Å². The Bertz CT molecular complexity index is 223. The zero-order chi connectivity index (χ0) is 11.1. The van der Waals surface area contributed by atoms with Crippen molar-refractivity contribution in [2.24, 2.45) is 35.3 Å². The highest BCUT2D eigenvalue weighted by molar-refractivity contribution is 4.98. The van der Waals surface area contributed by atoms with Crippen molar-refractivity contribution in [1.29, 1.82) is 0 Å².